The second-order valence-electron chi connectivity index (χ2n) is 9.56. The van der Waals surface area contributed by atoms with Crippen molar-refractivity contribution in [3.8, 4) is 6.07 Å². The molecule has 2 saturated carbocycles. The highest BCUT2D eigenvalue weighted by atomic mass is 32.2. The molecule has 2 fully saturated rings. The Hall–Kier alpha value is -2.93. The summed E-state index contributed by atoms with van der Waals surface area (Å²) in [7, 11) is -3.62. The normalized spacial score (nSPS) is 20.1. The number of hydrogen-bond acceptors (Lipinski definition) is 7. The predicted molar refractivity (Wildman–Crippen MR) is 132 cm³/mol. The molecule has 0 amide bonds. The third-order valence-corrected chi connectivity index (χ3v) is 8.81. The second-order valence-corrected chi connectivity index (χ2v) is 11.5. The molecule has 8 nitrogen and oxygen atoms in total. The number of rotatable bonds is 9. The molecule has 2 N–H and O–H groups in total. The molecule has 3 aliphatic rings. The van der Waals surface area contributed by atoms with Gasteiger partial charge < -0.3 is 5.32 Å². The van der Waals surface area contributed by atoms with Crippen LogP contribution in [0.15, 0.2) is 59.3 Å². The Morgan fingerprint density at radius 2 is 1.97 bits per heavy atom. The molecule has 2 aromatic rings. The van der Waals surface area contributed by atoms with Gasteiger partial charge >= 0.3 is 0 Å². The fourth-order valence-corrected chi connectivity index (χ4v) is 6.09. The van der Waals surface area contributed by atoms with Crippen LogP contribution in [-0.2, 0) is 14.9 Å². The highest BCUT2D eigenvalue weighted by molar-refractivity contribution is 7.89. The number of hydrogen-bond donors (Lipinski definition) is 2. The first kappa shape index (κ1) is 23.8. The third kappa shape index (κ3) is 5.67. The van der Waals surface area contributed by atoms with E-state index in [0.717, 1.165) is 42.8 Å². The van der Waals surface area contributed by atoms with Crippen molar-refractivity contribution in [3.63, 3.8) is 0 Å². The zero-order chi connectivity index (χ0) is 24.3. The summed E-state index contributed by atoms with van der Waals surface area (Å²) in [6.07, 6.45) is 10.6. The number of hydroxylamine groups is 1. The lowest BCUT2D eigenvalue weighted by atomic mass is 10.0. The van der Waals surface area contributed by atoms with Crippen LogP contribution in [0.2, 0.25) is 0 Å². The molecule has 0 saturated heterocycles. The van der Waals surface area contributed by atoms with Crippen LogP contribution in [0.1, 0.15) is 62.2 Å². The molecule has 1 atom stereocenters. The van der Waals surface area contributed by atoms with Gasteiger partial charge in [-0.3, -0.25) is 10.3 Å². The molecule has 1 aromatic carbocycles. The number of anilines is 1. The number of sulfonamides is 1. The fraction of sp³-hybridized carbons (Fsp3) is 0.462. The average molecular weight is 494 g/mol. The van der Waals surface area contributed by atoms with Crippen molar-refractivity contribution in [1.29, 1.82) is 5.26 Å². The second kappa shape index (κ2) is 10.4. The zero-order valence-corrected chi connectivity index (χ0v) is 20.5. The molecule has 1 aromatic heterocycles. The smallest absolute Gasteiger partial charge is 0.244 e. The molecule has 2 aliphatic carbocycles. The van der Waals surface area contributed by atoms with E-state index in [1.54, 1.807) is 18.2 Å². The molecule has 2 heterocycles. The van der Waals surface area contributed by atoms with Gasteiger partial charge in [0, 0.05) is 37.4 Å². The summed E-state index contributed by atoms with van der Waals surface area (Å²) < 4.78 is 27.7. The molecule has 5 rings (SSSR count). The van der Waals surface area contributed by atoms with Crippen molar-refractivity contribution in [1.82, 2.24) is 14.8 Å². The van der Waals surface area contributed by atoms with Gasteiger partial charge in [-0.25, -0.2) is 13.4 Å². The van der Waals surface area contributed by atoms with Gasteiger partial charge in [-0.15, -0.1) is 0 Å². The maximum absolute atomic E-state index is 13.1. The van der Waals surface area contributed by atoms with Crippen LogP contribution in [0.25, 0.3) is 0 Å². The first-order chi connectivity index (χ1) is 17.0. The van der Waals surface area contributed by atoms with Crippen molar-refractivity contribution in [2.45, 2.75) is 62.0 Å². The van der Waals surface area contributed by atoms with Crippen molar-refractivity contribution < 1.29 is 13.3 Å². The van der Waals surface area contributed by atoms with Crippen LogP contribution in [0.5, 0.6) is 0 Å². The molecule has 35 heavy (non-hydrogen) atoms. The molecule has 0 bridgehead atoms. The quantitative estimate of drug-likeness (QED) is 0.503. The van der Waals surface area contributed by atoms with E-state index in [1.807, 2.05) is 24.3 Å². The minimum Gasteiger partial charge on any atom is -0.367 e. The molecule has 0 spiro atoms. The summed E-state index contributed by atoms with van der Waals surface area (Å²) in [6.45, 7) is 0.638. The van der Waals surface area contributed by atoms with Crippen molar-refractivity contribution in [2.24, 2.45) is 5.92 Å². The fourth-order valence-electron chi connectivity index (χ4n) is 4.77. The van der Waals surface area contributed by atoms with Crippen LogP contribution in [0.3, 0.4) is 0 Å². The summed E-state index contributed by atoms with van der Waals surface area (Å²) in [4.78, 5) is 10.6. The maximum atomic E-state index is 13.1. The van der Waals surface area contributed by atoms with Gasteiger partial charge in [0.2, 0.25) is 10.0 Å². The lowest BCUT2D eigenvalue weighted by Gasteiger charge is -2.27. The molecule has 0 radical (unpaired) electrons. The molecule has 184 valence electrons. The lowest BCUT2D eigenvalue weighted by Crippen LogP contribution is -2.37. The Bertz CT molecular complexity index is 1210. The molecular weight excluding hydrogens is 462 g/mol. The van der Waals surface area contributed by atoms with Crippen LogP contribution in [0.4, 0.5) is 5.82 Å². The van der Waals surface area contributed by atoms with E-state index >= 15 is 0 Å². The first-order valence-electron chi connectivity index (χ1n) is 12.4. The van der Waals surface area contributed by atoms with Crippen molar-refractivity contribution in [3.05, 3.63) is 65.5 Å². The number of aromatic nitrogens is 1. The summed E-state index contributed by atoms with van der Waals surface area (Å²) in [5, 5.41) is 12.6. The Kier molecular flexibility index (Phi) is 7.04. The van der Waals surface area contributed by atoms with E-state index in [-0.39, 0.29) is 17.5 Å². The van der Waals surface area contributed by atoms with Crippen molar-refractivity contribution >= 4 is 15.8 Å². The van der Waals surface area contributed by atoms with Gasteiger partial charge in [0.15, 0.2) is 0 Å². The highest BCUT2D eigenvalue weighted by Gasteiger charge is 2.34. The molecule has 1 aliphatic heterocycles. The summed E-state index contributed by atoms with van der Waals surface area (Å²) in [5.74, 6) is 1.15. The first-order valence-corrected chi connectivity index (χ1v) is 13.8. The van der Waals surface area contributed by atoms with Gasteiger partial charge in [-0.2, -0.15) is 9.57 Å². The van der Waals surface area contributed by atoms with E-state index in [0.29, 0.717) is 30.5 Å². The van der Waals surface area contributed by atoms with Crippen LogP contribution < -0.4 is 10.8 Å². The van der Waals surface area contributed by atoms with Gasteiger partial charge in [-0.1, -0.05) is 25.0 Å². The minimum atomic E-state index is -3.62. The number of nitrogens with one attached hydrogen (secondary N) is 2. The van der Waals surface area contributed by atoms with E-state index < -0.39 is 10.0 Å². The maximum Gasteiger partial charge on any atom is 0.244 e. The number of nitrogens with zero attached hydrogens (tertiary/aromatic N) is 3. The van der Waals surface area contributed by atoms with Crippen molar-refractivity contribution in [2.75, 3.05) is 18.4 Å². The van der Waals surface area contributed by atoms with E-state index in [2.05, 4.69) is 21.9 Å². The summed E-state index contributed by atoms with van der Waals surface area (Å²) in [5.41, 5.74) is 5.54. The van der Waals surface area contributed by atoms with Crippen LogP contribution in [0, 0.1) is 17.2 Å². The number of pyridine rings is 1. The predicted octanol–water partition coefficient (Wildman–Crippen LogP) is 4.26. The van der Waals surface area contributed by atoms with E-state index in [1.165, 1.54) is 23.3 Å². The Morgan fingerprint density at radius 3 is 2.63 bits per heavy atom. The topological polar surface area (TPSA) is 107 Å². The Balaban J connectivity index is 1.18. The zero-order valence-electron chi connectivity index (χ0n) is 19.7. The Labute approximate surface area is 207 Å². The largest absolute Gasteiger partial charge is 0.367 e. The van der Waals surface area contributed by atoms with Gasteiger partial charge in [0.25, 0.3) is 0 Å². The van der Waals surface area contributed by atoms with Crippen LogP contribution >= 0.6 is 0 Å². The van der Waals surface area contributed by atoms with Crippen LogP contribution in [-0.4, -0.2) is 36.8 Å². The van der Waals surface area contributed by atoms with Gasteiger partial charge in [0.05, 0.1) is 11.6 Å². The van der Waals surface area contributed by atoms with E-state index in [9.17, 15) is 13.7 Å². The summed E-state index contributed by atoms with van der Waals surface area (Å²) >= 11 is 0. The van der Waals surface area contributed by atoms with Gasteiger partial charge in [0.1, 0.15) is 16.8 Å². The molecule has 9 heteroatoms. The molecular formula is C26H31N5O3S. The Morgan fingerprint density at radius 1 is 1.14 bits per heavy atom. The average Bonchev–Trinajstić information content (AvgIpc) is 3.60. The molecule has 1 unspecified atom stereocenters. The third-order valence-electron chi connectivity index (χ3n) is 6.96. The highest BCUT2D eigenvalue weighted by Crippen LogP contribution is 2.43. The minimum absolute atomic E-state index is 0.131. The lowest BCUT2D eigenvalue weighted by molar-refractivity contribution is -0.0246. The van der Waals surface area contributed by atoms with E-state index in [4.69, 9.17) is 4.84 Å². The number of nitriles is 1. The SMILES string of the molecule is N#Cc1cccc(C(ONC2=CCN(S(=O)(=O)c3ccc(NC4CCCC4)nc3)CC2)C2CC2)c1. The standard InChI is InChI=1S/C26H31N5O3S/c27-17-19-4-3-5-21(16-19)26(20-8-9-20)34-30-23-12-14-31(15-13-23)35(32,33)24-10-11-25(28-18-24)29-22-6-1-2-7-22/h3-5,10-12,16,18,20,22,26,30H,1-2,6-9,13-15H2,(H,28,29). The summed E-state index contributed by atoms with van der Waals surface area (Å²) in [6, 6.07) is 13.5. The number of benzene rings is 1. The van der Waals surface area contributed by atoms with Gasteiger partial charge in [-0.05, 0) is 67.5 Å². The monoisotopic (exact) mass is 493 g/mol.